The van der Waals surface area contributed by atoms with E-state index in [1.807, 2.05) is 85.5 Å². The van der Waals surface area contributed by atoms with Crippen LogP contribution in [0.15, 0.2) is 78.9 Å². The fourth-order valence-electron chi connectivity index (χ4n) is 4.84. The van der Waals surface area contributed by atoms with Gasteiger partial charge in [-0.2, -0.15) is 0 Å². The van der Waals surface area contributed by atoms with Crippen molar-refractivity contribution in [2.75, 3.05) is 16.3 Å². The maximum Gasteiger partial charge on any atom is 0.268 e. The molecule has 0 bridgehead atoms. The van der Waals surface area contributed by atoms with E-state index in [1.54, 1.807) is 17.0 Å². The molecule has 0 N–H and O–H groups in total. The van der Waals surface area contributed by atoms with Gasteiger partial charge in [-0.1, -0.05) is 48.0 Å². The lowest BCUT2D eigenvalue weighted by Gasteiger charge is -2.40. The quantitative estimate of drug-likeness (QED) is 0.306. The maximum atomic E-state index is 13.8. The van der Waals surface area contributed by atoms with Crippen LogP contribution >= 0.6 is 22.9 Å². The highest BCUT2D eigenvalue weighted by molar-refractivity contribution is 7.20. The summed E-state index contributed by atoms with van der Waals surface area (Å²) in [6.07, 6.45) is 0.566. The number of amides is 2. The molecule has 0 unspecified atom stereocenters. The van der Waals surface area contributed by atoms with E-state index in [9.17, 15) is 9.59 Å². The minimum Gasteiger partial charge on any atom is -0.312 e. The number of likely N-dealkylation sites (N-methyl/N-ethyl adjacent to an activating group) is 1. The number of benzene rings is 3. The summed E-state index contributed by atoms with van der Waals surface area (Å²) in [5.74, 6) is -0.302. The minimum absolute atomic E-state index is 0.0166. The lowest BCUT2D eigenvalue weighted by atomic mass is 9.84. The van der Waals surface area contributed by atoms with Gasteiger partial charge in [0.15, 0.2) is 0 Å². The van der Waals surface area contributed by atoms with Crippen LogP contribution in [0.2, 0.25) is 5.02 Å². The molecule has 2 atom stereocenters. The van der Waals surface area contributed by atoms with E-state index in [0.29, 0.717) is 22.9 Å². The van der Waals surface area contributed by atoms with Crippen LogP contribution in [-0.2, 0) is 4.79 Å². The first-order chi connectivity index (χ1) is 16.5. The number of carbonyl (C=O) groups excluding carboxylic acids is 2. The predicted octanol–water partition coefficient (Wildman–Crippen LogP) is 7.13. The van der Waals surface area contributed by atoms with Gasteiger partial charge in [-0.15, -0.1) is 11.3 Å². The number of fused-ring (bicyclic) bond motifs is 2. The van der Waals surface area contributed by atoms with Crippen LogP contribution in [0.3, 0.4) is 0 Å². The fraction of sp³-hybridized carbons (Fsp3) is 0.214. The van der Waals surface area contributed by atoms with Crippen molar-refractivity contribution in [2.24, 2.45) is 0 Å². The normalized spacial score (nSPS) is 17.4. The molecule has 0 fully saturated rings. The zero-order valence-corrected chi connectivity index (χ0v) is 20.6. The molecule has 4 aromatic rings. The SMILES string of the molecule is CCN(C(=O)[C@@H]1C[C@H](C)N(C(=O)c2cc3ccccc3s2)c2ccccc21)c1ccc(Cl)cc1. The largest absolute Gasteiger partial charge is 0.312 e. The van der Waals surface area contributed by atoms with Gasteiger partial charge in [0.2, 0.25) is 5.91 Å². The van der Waals surface area contributed by atoms with Crippen LogP contribution < -0.4 is 9.80 Å². The molecule has 1 aromatic heterocycles. The molecule has 5 rings (SSSR count). The summed E-state index contributed by atoms with van der Waals surface area (Å²) < 4.78 is 1.10. The molecule has 0 radical (unpaired) electrons. The van der Waals surface area contributed by atoms with Crippen molar-refractivity contribution in [3.05, 3.63) is 94.3 Å². The van der Waals surface area contributed by atoms with Crippen molar-refractivity contribution in [3.63, 3.8) is 0 Å². The third kappa shape index (κ3) is 3.99. The Kier molecular flexibility index (Phi) is 6.15. The third-order valence-electron chi connectivity index (χ3n) is 6.46. The summed E-state index contributed by atoms with van der Waals surface area (Å²) in [4.78, 5) is 31.8. The zero-order chi connectivity index (χ0) is 23.8. The standard InChI is InChI=1S/C28H25ClN2O2S/c1-3-30(21-14-12-20(29)13-15-21)27(32)23-16-18(2)31(24-10-6-5-9-22(23)24)28(33)26-17-19-8-4-7-11-25(19)34-26/h4-15,17-18,23H,3,16H2,1-2H3/t18-,23+/m0/s1. The first-order valence-corrected chi connectivity index (χ1v) is 12.7. The molecule has 1 aliphatic rings. The number of nitrogens with zero attached hydrogens (tertiary/aromatic N) is 2. The van der Waals surface area contributed by atoms with Gasteiger partial charge in [-0.3, -0.25) is 9.59 Å². The second-order valence-electron chi connectivity index (χ2n) is 8.58. The summed E-state index contributed by atoms with van der Waals surface area (Å²) in [7, 11) is 0. The predicted molar refractivity (Wildman–Crippen MR) is 141 cm³/mol. The van der Waals surface area contributed by atoms with Crippen molar-refractivity contribution in [2.45, 2.75) is 32.2 Å². The molecule has 2 heterocycles. The molecule has 0 saturated carbocycles. The molecule has 6 heteroatoms. The van der Waals surface area contributed by atoms with Gasteiger partial charge in [0.05, 0.1) is 10.8 Å². The van der Waals surface area contributed by atoms with Crippen molar-refractivity contribution < 1.29 is 9.59 Å². The number of thiophene rings is 1. The first-order valence-electron chi connectivity index (χ1n) is 11.5. The van der Waals surface area contributed by atoms with Gasteiger partial charge in [0.1, 0.15) is 0 Å². The van der Waals surface area contributed by atoms with E-state index >= 15 is 0 Å². The Hall–Kier alpha value is -3.15. The molecular weight excluding hydrogens is 464 g/mol. The minimum atomic E-state index is -0.326. The van der Waals surface area contributed by atoms with E-state index in [-0.39, 0.29) is 23.8 Å². The Labute approximate surface area is 208 Å². The van der Waals surface area contributed by atoms with Crippen LogP contribution in [0, 0.1) is 0 Å². The number of hydrogen-bond acceptors (Lipinski definition) is 3. The van der Waals surface area contributed by atoms with Crippen molar-refractivity contribution in [1.29, 1.82) is 0 Å². The molecule has 4 nitrogen and oxygen atoms in total. The highest BCUT2D eigenvalue weighted by Crippen LogP contribution is 2.41. The Balaban J connectivity index is 1.50. The van der Waals surface area contributed by atoms with Gasteiger partial charge >= 0.3 is 0 Å². The average molecular weight is 489 g/mol. The van der Waals surface area contributed by atoms with E-state index in [0.717, 1.165) is 27.0 Å². The van der Waals surface area contributed by atoms with Crippen LogP contribution in [0.5, 0.6) is 0 Å². The van der Waals surface area contributed by atoms with Gasteiger partial charge in [-0.25, -0.2) is 0 Å². The average Bonchev–Trinajstić information content (AvgIpc) is 3.29. The number of anilines is 2. The molecule has 34 heavy (non-hydrogen) atoms. The summed E-state index contributed by atoms with van der Waals surface area (Å²) >= 11 is 7.57. The molecule has 3 aromatic carbocycles. The molecule has 2 amide bonds. The summed E-state index contributed by atoms with van der Waals surface area (Å²) in [5.41, 5.74) is 2.53. The molecule has 172 valence electrons. The van der Waals surface area contributed by atoms with Gasteiger partial charge < -0.3 is 9.80 Å². The highest BCUT2D eigenvalue weighted by atomic mass is 35.5. The van der Waals surface area contributed by atoms with E-state index in [1.165, 1.54) is 11.3 Å². The number of halogens is 1. The van der Waals surface area contributed by atoms with Crippen molar-refractivity contribution in [3.8, 4) is 0 Å². The van der Waals surface area contributed by atoms with E-state index in [2.05, 4.69) is 0 Å². The Bertz CT molecular complexity index is 1330. The van der Waals surface area contributed by atoms with E-state index in [4.69, 9.17) is 11.6 Å². The topological polar surface area (TPSA) is 40.6 Å². The Morgan fingerprint density at radius 3 is 2.47 bits per heavy atom. The third-order valence-corrected chi connectivity index (χ3v) is 7.82. The lowest BCUT2D eigenvalue weighted by Crippen LogP contribution is -2.46. The molecule has 0 aliphatic carbocycles. The highest BCUT2D eigenvalue weighted by Gasteiger charge is 2.39. The summed E-state index contributed by atoms with van der Waals surface area (Å²) in [6, 6.07) is 25.0. The number of rotatable bonds is 4. The number of hydrogen-bond donors (Lipinski definition) is 0. The fourth-order valence-corrected chi connectivity index (χ4v) is 5.96. The molecule has 1 aliphatic heterocycles. The Morgan fingerprint density at radius 2 is 1.74 bits per heavy atom. The van der Waals surface area contributed by atoms with Crippen LogP contribution in [0.1, 0.15) is 41.4 Å². The summed E-state index contributed by atoms with van der Waals surface area (Å²) in [6.45, 7) is 4.56. The monoisotopic (exact) mass is 488 g/mol. The van der Waals surface area contributed by atoms with Crippen molar-refractivity contribution in [1.82, 2.24) is 0 Å². The van der Waals surface area contributed by atoms with Gasteiger partial charge in [0.25, 0.3) is 5.91 Å². The smallest absolute Gasteiger partial charge is 0.268 e. The second-order valence-corrected chi connectivity index (χ2v) is 10.1. The zero-order valence-electron chi connectivity index (χ0n) is 19.1. The van der Waals surface area contributed by atoms with Gasteiger partial charge in [0, 0.05) is 33.7 Å². The van der Waals surface area contributed by atoms with E-state index < -0.39 is 0 Å². The molecule has 0 spiro atoms. The van der Waals surface area contributed by atoms with Crippen LogP contribution in [0.25, 0.3) is 10.1 Å². The maximum absolute atomic E-state index is 13.8. The first kappa shape index (κ1) is 22.6. The lowest BCUT2D eigenvalue weighted by molar-refractivity contribution is -0.120. The van der Waals surface area contributed by atoms with Crippen LogP contribution in [-0.4, -0.2) is 24.4 Å². The number of para-hydroxylation sites is 1. The summed E-state index contributed by atoms with van der Waals surface area (Å²) in [5, 5.41) is 1.71. The molecule has 0 saturated heterocycles. The second kappa shape index (κ2) is 9.24. The molecular formula is C28H25ClN2O2S. The van der Waals surface area contributed by atoms with Crippen molar-refractivity contribution >= 4 is 56.2 Å². The Morgan fingerprint density at radius 1 is 1.03 bits per heavy atom. The van der Waals surface area contributed by atoms with Gasteiger partial charge in [-0.05, 0) is 73.7 Å². The number of carbonyl (C=O) groups is 2. The van der Waals surface area contributed by atoms with Crippen LogP contribution in [0.4, 0.5) is 11.4 Å².